The van der Waals surface area contributed by atoms with E-state index in [0.29, 0.717) is 32.3 Å². The lowest BCUT2D eigenvalue weighted by Crippen LogP contribution is -2.40. The first kappa shape index (κ1) is 19.8. The van der Waals surface area contributed by atoms with Gasteiger partial charge in [-0.15, -0.1) is 0 Å². The molecular weight excluding hydrogens is 308 g/mol. The standard InChI is InChI=1S/C17H28N4O3/c1-4-18-17(19-10-11-24-5-2)21-13-16(22)20-12-14-6-8-15(23-3)9-7-14/h6-9H,4-5,10-13H2,1-3H3,(H,20,22)(H2,18,19,21). The molecule has 0 spiro atoms. The van der Waals surface area contributed by atoms with E-state index >= 15 is 0 Å². The summed E-state index contributed by atoms with van der Waals surface area (Å²) in [5.74, 6) is 1.27. The Hall–Kier alpha value is -2.28. The maximum Gasteiger partial charge on any atom is 0.242 e. The number of ether oxygens (including phenoxy) is 2. The van der Waals surface area contributed by atoms with Crippen molar-refractivity contribution in [2.45, 2.75) is 20.4 Å². The molecule has 0 aromatic heterocycles. The van der Waals surface area contributed by atoms with Gasteiger partial charge in [-0.3, -0.25) is 4.79 Å². The number of amides is 1. The van der Waals surface area contributed by atoms with Gasteiger partial charge < -0.3 is 25.4 Å². The van der Waals surface area contributed by atoms with Crippen LogP contribution in [0.2, 0.25) is 0 Å². The van der Waals surface area contributed by atoms with Crippen LogP contribution < -0.4 is 20.7 Å². The van der Waals surface area contributed by atoms with Gasteiger partial charge in [-0.2, -0.15) is 0 Å². The number of hydrogen-bond donors (Lipinski definition) is 3. The Kier molecular flexibility index (Phi) is 10.0. The summed E-state index contributed by atoms with van der Waals surface area (Å²) in [5, 5.41) is 9.05. The predicted molar refractivity (Wildman–Crippen MR) is 95.3 cm³/mol. The summed E-state index contributed by atoms with van der Waals surface area (Å²) in [6.07, 6.45) is 0. The van der Waals surface area contributed by atoms with Gasteiger partial charge in [-0.25, -0.2) is 4.99 Å². The molecule has 0 aliphatic heterocycles. The van der Waals surface area contributed by atoms with Crippen molar-refractivity contribution in [1.29, 1.82) is 0 Å². The van der Waals surface area contributed by atoms with Crippen LogP contribution in [0, 0.1) is 0 Å². The minimum atomic E-state index is -0.132. The minimum absolute atomic E-state index is 0.0696. The fourth-order valence-corrected chi connectivity index (χ4v) is 1.88. The molecular formula is C17H28N4O3. The van der Waals surface area contributed by atoms with Crippen LogP contribution in [0.4, 0.5) is 0 Å². The zero-order chi connectivity index (χ0) is 17.6. The van der Waals surface area contributed by atoms with Crippen LogP contribution in [0.15, 0.2) is 29.3 Å². The van der Waals surface area contributed by atoms with Gasteiger partial charge in [0.1, 0.15) is 12.3 Å². The highest BCUT2D eigenvalue weighted by Crippen LogP contribution is 2.10. The fourth-order valence-electron chi connectivity index (χ4n) is 1.88. The summed E-state index contributed by atoms with van der Waals surface area (Å²) in [4.78, 5) is 16.2. The summed E-state index contributed by atoms with van der Waals surface area (Å²) >= 11 is 0. The normalized spacial score (nSPS) is 11.0. The number of rotatable bonds is 10. The molecule has 0 aliphatic carbocycles. The minimum Gasteiger partial charge on any atom is -0.497 e. The molecule has 0 radical (unpaired) electrons. The van der Waals surface area contributed by atoms with E-state index in [1.165, 1.54) is 0 Å². The van der Waals surface area contributed by atoms with Gasteiger partial charge in [0.2, 0.25) is 5.91 Å². The number of hydrogen-bond acceptors (Lipinski definition) is 4. The number of aliphatic imine (C=N–C) groups is 1. The lowest BCUT2D eigenvalue weighted by molar-refractivity contribution is -0.119. The van der Waals surface area contributed by atoms with Crippen LogP contribution >= 0.6 is 0 Å². The van der Waals surface area contributed by atoms with Gasteiger partial charge in [0.05, 0.1) is 13.7 Å². The van der Waals surface area contributed by atoms with Crippen molar-refractivity contribution in [3.8, 4) is 5.75 Å². The number of nitrogens with one attached hydrogen (secondary N) is 3. The average molecular weight is 336 g/mol. The van der Waals surface area contributed by atoms with E-state index in [1.54, 1.807) is 7.11 Å². The first-order chi connectivity index (χ1) is 11.7. The molecule has 0 saturated carbocycles. The molecule has 1 aromatic carbocycles. The van der Waals surface area contributed by atoms with Crippen molar-refractivity contribution in [3.05, 3.63) is 29.8 Å². The Bertz CT molecular complexity index is 503. The van der Waals surface area contributed by atoms with Crippen LogP contribution in [-0.2, 0) is 16.1 Å². The van der Waals surface area contributed by atoms with Crippen LogP contribution in [-0.4, -0.2) is 51.8 Å². The van der Waals surface area contributed by atoms with Gasteiger partial charge in [0.15, 0.2) is 5.96 Å². The SMILES string of the molecule is CCNC(=NCC(=O)NCc1ccc(OC)cc1)NCCOCC. The number of guanidine groups is 1. The summed E-state index contributed by atoms with van der Waals surface area (Å²) < 4.78 is 10.4. The molecule has 24 heavy (non-hydrogen) atoms. The summed E-state index contributed by atoms with van der Waals surface area (Å²) in [6, 6.07) is 7.57. The van der Waals surface area contributed by atoms with E-state index in [4.69, 9.17) is 9.47 Å². The Morgan fingerprint density at radius 1 is 1.12 bits per heavy atom. The number of carbonyl (C=O) groups excluding carboxylic acids is 1. The molecule has 0 fully saturated rings. The number of nitrogens with zero attached hydrogens (tertiary/aromatic N) is 1. The van der Waals surface area contributed by atoms with Gasteiger partial charge in [-0.05, 0) is 31.5 Å². The molecule has 0 atom stereocenters. The Labute approximate surface area is 143 Å². The highest BCUT2D eigenvalue weighted by molar-refractivity contribution is 5.84. The van der Waals surface area contributed by atoms with Crippen molar-refractivity contribution in [2.75, 3.05) is 40.0 Å². The van der Waals surface area contributed by atoms with Gasteiger partial charge in [-0.1, -0.05) is 12.1 Å². The molecule has 0 saturated heterocycles. The maximum atomic E-state index is 11.9. The zero-order valence-electron chi connectivity index (χ0n) is 14.7. The van der Waals surface area contributed by atoms with Crippen molar-refractivity contribution in [1.82, 2.24) is 16.0 Å². The molecule has 7 heteroatoms. The quantitative estimate of drug-likeness (QED) is 0.336. The molecule has 0 bridgehead atoms. The second kappa shape index (κ2) is 12.2. The zero-order valence-corrected chi connectivity index (χ0v) is 14.7. The first-order valence-electron chi connectivity index (χ1n) is 8.19. The van der Waals surface area contributed by atoms with Crippen LogP contribution in [0.5, 0.6) is 5.75 Å². The molecule has 3 N–H and O–H groups in total. The molecule has 0 heterocycles. The van der Waals surface area contributed by atoms with E-state index in [-0.39, 0.29) is 12.5 Å². The second-order valence-electron chi connectivity index (χ2n) is 4.94. The smallest absolute Gasteiger partial charge is 0.242 e. The third-order valence-corrected chi connectivity index (χ3v) is 3.12. The predicted octanol–water partition coefficient (Wildman–Crippen LogP) is 0.903. The summed E-state index contributed by atoms with van der Waals surface area (Å²) in [7, 11) is 1.62. The van der Waals surface area contributed by atoms with Gasteiger partial charge in [0.25, 0.3) is 0 Å². The van der Waals surface area contributed by atoms with Crippen LogP contribution in [0.3, 0.4) is 0 Å². The Morgan fingerprint density at radius 2 is 1.88 bits per heavy atom. The van der Waals surface area contributed by atoms with Crippen molar-refractivity contribution < 1.29 is 14.3 Å². The largest absolute Gasteiger partial charge is 0.497 e. The third kappa shape index (κ3) is 8.38. The number of carbonyl (C=O) groups is 1. The van der Waals surface area contributed by atoms with E-state index in [0.717, 1.165) is 17.9 Å². The lowest BCUT2D eigenvalue weighted by atomic mass is 10.2. The van der Waals surface area contributed by atoms with E-state index < -0.39 is 0 Å². The summed E-state index contributed by atoms with van der Waals surface area (Å²) in [5.41, 5.74) is 1.01. The lowest BCUT2D eigenvalue weighted by Gasteiger charge is -2.11. The molecule has 1 aromatic rings. The number of methoxy groups -OCH3 is 1. The van der Waals surface area contributed by atoms with E-state index in [9.17, 15) is 4.79 Å². The van der Waals surface area contributed by atoms with Crippen molar-refractivity contribution >= 4 is 11.9 Å². The molecule has 1 rings (SSSR count). The van der Waals surface area contributed by atoms with Gasteiger partial charge >= 0.3 is 0 Å². The Morgan fingerprint density at radius 3 is 2.50 bits per heavy atom. The van der Waals surface area contributed by atoms with E-state index in [2.05, 4.69) is 20.9 Å². The fraction of sp³-hybridized carbons (Fsp3) is 0.529. The Balaban J connectivity index is 2.36. The third-order valence-electron chi connectivity index (χ3n) is 3.12. The average Bonchev–Trinajstić information content (AvgIpc) is 2.61. The van der Waals surface area contributed by atoms with Crippen molar-refractivity contribution in [3.63, 3.8) is 0 Å². The van der Waals surface area contributed by atoms with Crippen LogP contribution in [0.1, 0.15) is 19.4 Å². The van der Waals surface area contributed by atoms with Crippen molar-refractivity contribution in [2.24, 2.45) is 4.99 Å². The highest BCUT2D eigenvalue weighted by Gasteiger charge is 2.02. The molecule has 134 valence electrons. The molecule has 0 unspecified atom stereocenters. The maximum absolute atomic E-state index is 11.9. The monoisotopic (exact) mass is 336 g/mol. The van der Waals surface area contributed by atoms with Gasteiger partial charge in [0, 0.05) is 26.2 Å². The summed E-state index contributed by atoms with van der Waals surface area (Å²) in [6.45, 7) is 7.12. The number of benzene rings is 1. The molecule has 0 aliphatic rings. The molecule has 7 nitrogen and oxygen atoms in total. The highest BCUT2D eigenvalue weighted by atomic mass is 16.5. The van der Waals surface area contributed by atoms with E-state index in [1.807, 2.05) is 38.1 Å². The topological polar surface area (TPSA) is 84.0 Å². The molecule has 1 amide bonds. The second-order valence-corrected chi connectivity index (χ2v) is 4.94. The van der Waals surface area contributed by atoms with Crippen LogP contribution in [0.25, 0.3) is 0 Å². The first-order valence-corrected chi connectivity index (χ1v) is 8.19.